The first-order valence-corrected chi connectivity index (χ1v) is 16.7. The van der Waals surface area contributed by atoms with E-state index in [1.54, 1.807) is 29.7 Å². The third-order valence-electron chi connectivity index (χ3n) is 8.22. The van der Waals surface area contributed by atoms with E-state index in [2.05, 4.69) is 38.9 Å². The Bertz CT molecular complexity index is 1570. The van der Waals surface area contributed by atoms with Gasteiger partial charge in [0.1, 0.15) is 10.0 Å². The van der Waals surface area contributed by atoms with Gasteiger partial charge in [-0.3, -0.25) is 4.90 Å². The molecule has 1 aliphatic carbocycles. The number of nitrogens with zero attached hydrogens (tertiary/aromatic N) is 4. The Balaban J connectivity index is 0.958. The van der Waals surface area contributed by atoms with E-state index in [9.17, 15) is 8.42 Å². The van der Waals surface area contributed by atoms with Crippen LogP contribution < -0.4 is 4.90 Å². The molecule has 0 spiro atoms. The molecule has 9 heteroatoms. The monoisotopic (exact) mass is 564 g/mol. The van der Waals surface area contributed by atoms with Crippen molar-refractivity contribution in [1.29, 1.82) is 0 Å². The van der Waals surface area contributed by atoms with E-state index >= 15 is 0 Å². The topological polar surface area (TPSA) is 57.9 Å². The van der Waals surface area contributed by atoms with Crippen LogP contribution in [0.5, 0.6) is 0 Å². The number of benzene rings is 2. The third-order valence-corrected chi connectivity index (χ3v) is 12.6. The number of piperazine rings is 1. The lowest BCUT2D eigenvalue weighted by Gasteiger charge is -2.36. The Hall–Kier alpha value is -2.51. The van der Waals surface area contributed by atoms with Gasteiger partial charge in [0.25, 0.3) is 0 Å². The van der Waals surface area contributed by atoms with Crippen LogP contribution in [-0.2, 0) is 9.84 Å². The molecule has 6 rings (SSSR count). The number of sulfone groups is 1. The second kappa shape index (κ2) is 10.9. The highest BCUT2D eigenvalue weighted by molar-refractivity contribution is 7.93. The van der Waals surface area contributed by atoms with E-state index in [0.29, 0.717) is 15.8 Å². The average Bonchev–Trinajstić information content (AvgIpc) is 3.57. The predicted molar refractivity (Wildman–Crippen MR) is 158 cm³/mol. The molecule has 1 saturated carbocycles. The van der Waals surface area contributed by atoms with Gasteiger partial charge in [-0.1, -0.05) is 37.1 Å². The molecule has 0 amide bonds. The SMILES string of the molecule is [C-]#[N+]c1ccc2sc(S(=O)(=O)CC3CCC(CCN4CCN(c5nsc6ccccc56)CC4)CC3)cc2c1. The highest BCUT2D eigenvalue weighted by atomic mass is 32.2. The number of anilines is 1. The minimum Gasteiger partial charge on any atom is -0.353 e. The maximum atomic E-state index is 13.2. The minimum absolute atomic E-state index is 0.246. The summed E-state index contributed by atoms with van der Waals surface area (Å²) in [5.41, 5.74) is 0.549. The van der Waals surface area contributed by atoms with Crippen molar-refractivity contribution in [2.24, 2.45) is 11.8 Å². The van der Waals surface area contributed by atoms with E-state index in [-0.39, 0.29) is 11.7 Å². The zero-order valence-corrected chi connectivity index (χ0v) is 23.8. The van der Waals surface area contributed by atoms with Crippen molar-refractivity contribution in [2.75, 3.05) is 43.4 Å². The normalized spacial score (nSPS) is 21.2. The quantitative estimate of drug-likeness (QED) is 0.230. The first-order valence-electron chi connectivity index (χ1n) is 13.4. The molecule has 4 aromatic rings. The molecule has 0 atom stereocenters. The van der Waals surface area contributed by atoms with Gasteiger partial charge in [0.2, 0.25) is 0 Å². The molecule has 1 saturated heterocycles. The van der Waals surface area contributed by atoms with Gasteiger partial charge in [0.15, 0.2) is 15.5 Å². The maximum Gasteiger partial charge on any atom is 0.188 e. The van der Waals surface area contributed by atoms with Crippen molar-refractivity contribution in [3.05, 3.63) is 59.9 Å². The lowest BCUT2D eigenvalue weighted by atomic mass is 9.81. The van der Waals surface area contributed by atoms with E-state index in [0.717, 1.165) is 74.3 Å². The Morgan fingerprint density at radius 3 is 2.50 bits per heavy atom. The zero-order valence-electron chi connectivity index (χ0n) is 21.4. The van der Waals surface area contributed by atoms with Crippen LogP contribution in [0.1, 0.15) is 32.1 Å². The minimum atomic E-state index is -3.30. The van der Waals surface area contributed by atoms with Gasteiger partial charge in [-0.25, -0.2) is 13.3 Å². The first kappa shape index (κ1) is 25.8. The molecule has 2 fully saturated rings. The molecule has 0 N–H and O–H groups in total. The fourth-order valence-corrected chi connectivity index (χ4v) is 9.93. The van der Waals surface area contributed by atoms with E-state index in [1.807, 2.05) is 6.07 Å². The molecule has 38 heavy (non-hydrogen) atoms. The first-order chi connectivity index (χ1) is 18.5. The van der Waals surface area contributed by atoms with E-state index in [4.69, 9.17) is 10.9 Å². The number of thiophene rings is 1. The molecule has 0 unspecified atom stereocenters. The van der Waals surface area contributed by atoms with Crippen molar-refractivity contribution < 1.29 is 8.42 Å². The molecule has 198 valence electrons. The summed E-state index contributed by atoms with van der Waals surface area (Å²) in [6.07, 6.45) is 5.47. The molecule has 1 aliphatic heterocycles. The average molecular weight is 565 g/mol. The molecule has 2 aliphatic rings. The van der Waals surface area contributed by atoms with Gasteiger partial charge < -0.3 is 4.90 Å². The van der Waals surface area contributed by atoms with Crippen molar-refractivity contribution >= 4 is 64.4 Å². The number of fused-ring (bicyclic) bond motifs is 2. The standard InChI is InChI=1S/C29H32N4O2S3/c1-30-24-10-11-26-23(18-24)19-28(36-26)38(34,35)20-22-8-6-21(7-9-22)12-13-32-14-16-33(17-15-32)29-25-4-2-3-5-27(25)37-31-29/h2-5,10-11,18-19,21-22H,6-9,12-17,20H2. The fourth-order valence-electron chi connectivity index (χ4n) is 5.96. The Labute approximate surface area is 232 Å². The highest BCUT2D eigenvalue weighted by Gasteiger charge is 2.28. The van der Waals surface area contributed by atoms with Gasteiger partial charge in [0.05, 0.1) is 17.0 Å². The third kappa shape index (κ3) is 5.46. The van der Waals surface area contributed by atoms with Gasteiger partial charge in [-0.15, -0.1) is 11.3 Å². The van der Waals surface area contributed by atoms with Crippen molar-refractivity contribution in [3.63, 3.8) is 0 Å². The molecule has 0 radical (unpaired) electrons. The number of rotatable bonds is 7. The highest BCUT2D eigenvalue weighted by Crippen LogP contribution is 2.36. The summed E-state index contributed by atoms with van der Waals surface area (Å²) in [7, 11) is -3.30. The summed E-state index contributed by atoms with van der Waals surface area (Å²) in [5, 5.41) is 2.12. The molecule has 6 nitrogen and oxygen atoms in total. The zero-order chi connectivity index (χ0) is 26.1. The second-order valence-electron chi connectivity index (χ2n) is 10.7. The van der Waals surface area contributed by atoms with Crippen LogP contribution in [0.2, 0.25) is 0 Å². The van der Waals surface area contributed by atoms with Crippen LogP contribution in [-0.4, -0.2) is 56.2 Å². The van der Waals surface area contributed by atoms with Crippen LogP contribution in [0, 0.1) is 18.4 Å². The number of hydrogen-bond acceptors (Lipinski definition) is 7. The molecule has 3 heterocycles. The van der Waals surface area contributed by atoms with Crippen LogP contribution >= 0.6 is 22.9 Å². The molecule has 2 aromatic heterocycles. The Morgan fingerprint density at radius 2 is 1.71 bits per heavy atom. The summed E-state index contributed by atoms with van der Waals surface area (Å²) < 4.78 is 33.7. The van der Waals surface area contributed by atoms with Crippen LogP contribution in [0.15, 0.2) is 52.7 Å². The van der Waals surface area contributed by atoms with Crippen LogP contribution in [0.25, 0.3) is 25.0 Å². The Kier molecular flexibility index (Phi) is 7.41. The predicted octanol–water partition coefficient (Wildman–Crippen LogP) is 6.85. The van der Waals surface area contributed by atoms with Gasteiger partial charge in [-0.05, 0) is 78.8 Å². The largest absolute Gasteiger partial charge is 0.353 e. The summed E-state index contributed by atoms with van der Waals surface area (Å²) in [5.74, 6) is 2.33. The van der Waals surface area contributed by atoms with Crippen LogP contribution in [0.3, 0.4) is 0 Å². The van der Waals surface area contributed by atoms with E-state index in [1.165, 1.54) is 27.8 Å². The fraction of sp³-hybridized carbons (Fsp3) is 0.448. The smallest absolute Gasteiger partial charge is 0.188 e. The van der Waals surface area contributed by atoms with Crippen LogP contribution in [0.4, 0.5) is 11.5 Å². The lowest BCUT2D eigenvalue weighted by molar-refractivity contribution is 0.209. The maximum absolute atomic E-state index is 13.2. The summed E-state index contributed by atoms with van der Waals surface area (Å²) >= 11 is 2.92. The number of aromatic nitrogens is 1. The lowest BCUT2D eigenvalue weighted by Crippen LogP contribution is -2.47. The van der Waals surface area contributed by atoms with Crippen molar-refractivity contribution in [1.82, 2.24) is 9.27 Å². The summed E-state index contributed by atoms with van der Waals surface area (Å²) in [6.45, 7) is 12.5. The summed E-state index contributed by atoms with van der Waals surface area (Å²) in [6, 6.07) is 15.6. The Morgan fingerprint density at radius 1 is 0.947 bits per heavy atom. The molecular weight excluding hydrogens is 533 g/mol. The molecule has 0 bridgehead atoms. The van der Waals surface area contributed by atoms with Crippen molar-refractivity contribution in [2.45, 2.75) is 36.3 Å². The second-order valence-corrected chi connectivity index (χ2v) is 14.8. The van der Waals surface area contributed by atoms with Gasteiger partial charge in [-0.2, -0.15) is 4.37 Å². The number of hydrogen-bond donors (Lipinski definition) is 0. The van der Waals surface area contributed by atoms with Gasteiger partial charge >= 0.3 is 0 Å². The molecular formula is C29H32N4O2S3. The van der Waals surface area contributed by atoms with Crippen molar-refractivity contribution in [3.8, 4) is 0 Å². The summed E-state index contributed by atoms with van der Waals surface area (Å²) in [4.78, 5) is 8.48. The van der Waals surface area contributed by atoms with E-state index < -0.39 is 9.84 Å². The molecule has 2 aromatic carbocycles. The van der Waals surface area contributed by atoms with Gasteiger partial charge in [0, 0.05) is 36.3 Å².